The highest BCUT2D eigenvalue weighted by atomic mass is 16.5. The van der Waals surface area contributed by atoms with Crippen molar-refractivity contribution < 1.29 is 9.53 Å². The lowest BCUT2D eigenvalue weighted by molar-refractivity contribution is -0.127. The number of rotatable bonds is 10. The maximum atomic E-state index is 11.7. The van der Waals surface area contributed by atoms with E-state index in [1.54, 1.807) is 0 Å². The van der Waals surface area contributed by atoms with Crippen molar-refractivity contribution in [3.63, 3.8) is 0 Å². The van der Waals surface area contributed by atoms with Crippen molar-refractivity contribution in [2.45, 2.75) is 39.3 Å². The zero-order valence-electron chi connectivity index (χ0n) is 18.8. The second-order valence-electron chi connectivity index (χ2n) is 8.41. The molecular weight excluding hydrogens is 396 g/mol. The molecule has 1 saturated heterocycles. The van der Waals surface area contributed by atoms with Crippen LogP contribution in [0.15, 0.2) is 72.8 Å². The molecule has 1 fully saturated rings. The maximum Gasteiger partial charge on any atom is 0.222 e. The second-order valence-corrected chi connectivity index (χ2v) is 8.41. The third-order valence-electron chi connectivity index (χ3n) is 6.11. The Hall–Kier alpha value is -3.11. The van der Waals surface area contributed by atoms with Crippen LogP contribution in [0, 0.1) is 6.92 Å². The lowest BCUT2D eigenvalue weighted by atomic mass is 9.97. The van der Waals surface area contributed by atoms with Crippen molar-refractivity contribution in [3.05, 3.63) is 89.5 Å². The van der Waals surface area contributed by atoms with Gasteiger partial charge in [-0.1, -0.05) is 60.7 Å². The van der Waals surface area contributed by atoms with Crippen LogP contribution >= 0.6 is 0 Å². The van der Waals surface area contributed by atoms with Gasteiger partial charge in [0.05, 0.1) is 0 Å². The number of amides is 1. The van der Waals surface area contributed by atoms with Crippen molar-refractivity contribution in [1.29, 1.82) is 0 Å². The zero-order valence-corrected chi connectivity index (χ0v) is 18.8. The molecule has 1 heterocycles. The summed E-state index contributed by atoms with van der Waals surface area (Å²) in [5, 5.41) is 3.48. The third kappa shape index (κ3) is 5.77. The summed E-state index contributed by atoms with van der Waals surface area (Å²) >= 11 is 0. The normalized spacial score (nSPS) is 13.5. The number of ether oxygens (including phenoxy) is 1. The van der Waals surface area contributed by atoms with E-state index >= 15 is 0 Å². The Kier molecular flexibility index (Phi) is 7.57. The van der Waals surface area contributed by atoms with Crippen LogP contribution in [0.1, 0.15) is 36.0 Å². The van der Waals surface area contributed by atoms with Gasteiger partial charge in [-0.25, -0.2) is 0 Å². The van der Waals surface area contributed by atoms with Gasteiger partial charge in [-0.05, 0) is 66.3 Å². The summed E-state index contributed by atoms with van der Waals surface area (Å²) in [5.74, 6) is 1.19. The van der Waals surface area contributed by atoms with Crippen molar-refractivity contribution in [2.75, 3.05) is 19.6 Å². The predicted molar refractivity (Wildman–Crippen MR) is 130 cm³/mol. The molecule has 0 saturated carbocycles. The largest absolute Gasteiger partial charge is 0.489 e. The average Bonchev–Trinajstić information content (AvgIpc) is 3.23. The molecule has 0 radical (unpaired) electrons. The molecule has 1 aliphatic heterocycles. The third-order valence-corrected chi connectivity index (χ3v) is 6.11. The van der Waals surface area contributed by atoms with E-state index in [0.29, 0.717) is 12.5 Å². The molecule has 166 valence electrons. The summed E-state index contributed by atoms with van der Waals surface area (Å²) in [6.45, 7) is 6.20. The molecule has 32 heavy (non-hydrogen) atoms. The Bertz CT molecular complexity index is 1030. The molecule has 3 aromatic carbocycles. The van der Waals surface area contributed by atoms with Gasteiger partial charge in [0.15, 0.2) is 0 Å². The molecule has 0 atom stereocenters. The first-order chi connectivity index (χ1) is 15.7. The molecule has 3 aromatic rings. The Morgan fingerprint density at radius 2 is 1.84 bits per heavy atom. The van der Waals surface area contributed by atoms with E-state index in [9.17, 15) is 4.79 Å². The molecule has 0 aliphatic carbocycles. The van der Waals surface area contributed by atoms with Gasteiger partial charge in [-0.2, -0.15) is 0 Å². The minimum absolute atomic E-state index is 0.305. The second kappa shape index (κ2) is 11.0. The quantitative estimate of drug-likeness (QED) is 0.443. The lowest BCUT2D eigenvalue weighted by Gasteiger charge is -2.15. The molecule has 4 rings (SSSR count). The van der Waals surface area contributed by atoms with Crippen molar-refractivity contribution >= 4 is 5.91 Å². The molecule has 0 bridgehead atoms. The molecule has 4 heteroatoms. The fourth-order valence-corrected chi connectivity index (χ4v) is 4.24. The molecule has 1 N–H and O–H groups in total. The van der Waals surface area contributed by atoms with Crippen molar-refractivity contribution in [3.8, 4) is 16.9 Å². The number of nitrogens with one attached hydrogen (secondary N) is 1. The first-order valence-corrected chi connectivity index (χ1v) is 11.5. The summed E-state index contributed by atoms with van der Waals surface area (Å²) in [5.41, 5.74) is 6.14. The molecule has 4 nitrogen and oxygen atoms in total. The van der Waals surface area contributed by atoms with Crippen LogP contribution in [0.2, 0.25) is 0 Å². The number of nitrogens with zero attached hydrogens (tertiary/aromatic N) is 1. The highest BCUT2D eigenvalue weighted by molar-refractivity contribution is 5.78. The van der Waals surface area contributed by atoms with Gasteiger partial charge < -0.3 is 15.0 Å². The Morgan fingerprint density at radius 3 is 2.66 bits per heavy atom. The fraction of sp³-hybridized carbons (Fsp3) is 0.321. The Labute approximate surface area is 191 Å². The van der Waals surface area contributed by atoms with Gasteiger partial charge in [0.25, 0.3) is 0 Å². The van der Waals surface area contributed by atoms with E-state index in [2.05, 4.69) is 66.8 Å². The molecule has 0 aromatic heterocycles. The highest BCUT2D eigenvalue weighted by Crippen LogP contribution is 2.26. The van der Waals surface area contributed by atoms with Crippen LogP contribution in [-0.4, -0.2) is 30.4 Å². The Morgan fingerprint density at radius 1 is 1.00 bits per heavy atom. The van der Waals surface area contributed by atoms with E-state index < -0.39 is 0 Å². The fourth-order valence-electron chi connectivity index (χ4n) is 4.24. The van der Waals surface area contributed by atoms with Gasteiger partial charge >= 0.3 is 0 Å². The highest BCUT2D eigenvalue weighted by Gasteiger charge is 2.18. The number of benzene rings is 3. The molecule has 1 amide bonds. The van der Waals surface area contributed by atoms with Gasteiger partial charge in [-0.15, -0.1) is 0 Å². The van der Waals surface area contributed by atoms with Gasteiger partial charge in [0, 0.05) is 26.1 Å². The van der Waals surface area contributed by atoms with Crippen LogP contribution in [0.25, 0.3) is 11.1 Å². The van der Waals surface area contributed by atoms with Crippen LogP contribution in [0.5, 0.6) is 5.75 Å². The van der Waals surface area contributed by atoms with Crippen LogP contribution < -0.4 is 10.1 Å². The summed E-state index contributed by atoms with van der Waals surface area (Å²) < 4.78 is 6.14. The lowest BCUT2D eigenvalue weighted by Crippen LogP contribution is -2.28. The number of likely N-dealkylation sites (tertiary alicyclic amines) is 1. The topological polar surface area (TPSA) is 41.6 Å². The number of carbonyl (C=O) groups excluding carboxylic acids is 1. The first kappa shape index (κ1) is 22.1. The van der Waals surface area contributed by atoms with Gasteiger partial charge in [0.2, 0.25) is 5.91 Å². The Balaban J connectivity index is 1.27. The summed E-state index contributed by atoms with van der Waals surface area (Å²) in [6.07, 6.45) is 2.71. The van der Waals surface area contributed by atoms with Crippen molar-refractivity contribution in [1.82, 2.24) is 10.2 Å². The molecule has 0 unspecified atom stereocenters. The van der Waals surface area contributed by atoms with E-state index in [4.69, 9.17) is 4.74 Å². The summed E-state index contributed by atoms with van der Waals surface area (Å²) in [7, 11) is 0. The minimum atomic E-state index is 0.305. The van der Waals surface area contributed by atoms with Crippen LogP contribution in [0.4, 0.5) is 0 Å². The number of carbonyl (C=O) groups is 1. The molecule has 0 spiro atoms. The standard InChI is InChI=1S/C28H32N2O2/c1-22-25(12-6-14-27(22)24-10-3-2-4-11-24)21-32-26-13-5-9-23(19-26)20-29-16-8-18-30-17-7-15-28(30)31/h2-6,9-14,19,29H,7-8,15-18,20-21H2,1H3. The van der Waals surface area contributed by atoms with E-state index in [1.807, 2.05) is 23.1 Å². The summed E-state index contributed by atoms with van der Waals surface area (Å²) in [6, 6.07) is 25.2. The molecule has 1 aliphatic rings. The smallest absolute Gasteiger partial charge is 0.222 e. The summed E-state index contributed by atoms with van der Waals surface area (Å²) in [4.78, 5) is 13.6. The van der Waals surface area contributed by atoms with E-state index in [1.165, 1.54) is 27.8 Å². The minimum Gasteiger partial charge on any atom is -0.489 e. The molecular formula is C28H32N2O2. The van der Waals surface area contributed by atoms with Gasteiger partial charge in [-0.3, -0.25) is 4.79 Å². The SMILES string of the molecule is Cc1c(COc2cccc(CNCCCN3CCCC3=O)c2)cccc1-c1ccccc1. The first-order valence-electron chi connectivity index (χ1n) is 11.5. The predicted octanol–water partition coefficient (Wildman–Crippen LogP) is 5.34. The van der Waals surface area contributed by atoms with E-state index in [-0.39, 0.29) is 0 Å². The number of hydrogen-bond acceptors (Lipinski definition) is 3. The van der Waals surface area contributed by atoms with E-state index in [0.717, 1.165) is 51.2 Å². The average molecular weight is 429 g/mol. The van der Waals surface area contributed by atoms with Gasteiger partial charge in [0.1, 0.15) is 12.4 Å². The van der Waals surface area contributed by atoms with Crippen molar-refractivity contribution in [2.24, 2.45) is 0 Å². The monoisotopic (exact) mass is 428 g/mol. The van der Waals surface area contributed by atoms with Crippen LogP contribution in [0.3, 0.4) is 0 Å². The maximum absolute atomic E-state index is 11.7. The number of hydrogen-bond donors (Lipinski definition) is 1. The zero-order chi connectivity index (χ0) is 22.2. The van der Waals surface area contributed by atoms with Crippen LogP contribution in [-0.2, 0) is 17.9 Å².